The predicted molar refractivity (Wildman–Crippen MR) is 72.8 cm³/mol. The number of benzene rings is 1. The topological polar surface area (TPSA) is 35.5 Å². The van der Waals surface area contributed by atoms with Gasteiger partial charge in [-0.25, -0.2) is 0 Å². The van der Waals surface area contributed by atoms with Crippen molar-refractivity contribution in [3.8, 4) is 5.75 Å². The van der Waals surface area contributed by atoms with Crippen LogP contribution >= 0.6 is 0 Å². The molecule has 98 valence electrons. The highest BCUT2D eigenvalue weighted by molar-refractivity contribution is 5.44. The fourth-order valence-electron chi connectivity index (χ4n) is 3.40. The predicted octanol–water partition coefficient (Wildman–Crippen LogP) is 2.06. The molecule has 3 rings (SSSR count). The quantitative estimate of drug-likeness (QED) is 0.838. The highest BCUT2D eigenvalue weighted by Gasteiger charge is 2.27. The largest absolute Gasteiger partial charge is 0.508 e. The van der Waals surface area contributed by atoms with Crippen LogP contribution in [0.2, 0.25) is 0 Å². The van der Waals surface area contributed by atoms with Crippen molar-refractivity contribution in [1.29, 1.82) is 0 Å². The van der Waals surface area contributed by atoms with Crippen molar-refractivity contribution >= 4 is 0 Å². The fraction of sp³-hybridized carbons (Fsp3) is 0.600. The summed E-state index contributed by atoms with van der Waals surface area (Å²) in [5.74, 6) is 0.470. The van der Waals surface area contributed by atoms with Gasteiger partial charge in [0.1, 0.15) is 5.75 Å². The van der Waals surface area contributed by atoms with Crippen LogP contribution in [0.1, 0.15) is 36.4 Å². The van der Waals surface area contributed by atoms with Crippen molar-refractivity contribution in [3.63, 3.8) is 0 Å². The number of rotatable bonds is 2. The second-order valence-electron chi connectivity index (χ2n) is 5.70. The van der Waals surface area contributed by atoms with Crippen molar-refractivity contribution in [3.05, 3.63) is 29.3 Å². The maximum Gasteiger partial charge on any atom is 0.119 e. The van der Waals surface area contributed by atoms with Gasteiger partial charge in [-0.05, 0) is 56.5 Å². The molecule has 3 heteroatoms. The summed E-state index contributed by atoms with van der Waals surface area (Å²) in [6.07, 6.45) is 4.68. The number of hydrogen-bond donors (Lipinski definition) is 2. The average molecular weight is 246 g/mol. The number of likely N-dealkylation sites (N-methyl/N-ethyl adjacent to an activating group) is 1. The maximum absolute atomic E-state index is 9.86. The van der Waals surface area contributed by atoms with Crippen LogP contribution in [0.3, 0.4) is 0 Å². The molecule has 2 N–H and O–H groups in total. The van der Waals surface area contributed by atoms with E-state index in [0.717, 1.165) is 24.9 Å². The third-order valence-electron chi connectivity index (χ3n) is 4.31. The Kier molecular flexibility index (Phi) is 3.27. The molecule has 1 aromatic carbocycles. The normalized spacial score (nSPS) is 28.3. The number of nitrogens with zero attached hydrogens (tertiary/aromatic N) is 1. The second-order valence-corrected chi connectivity index (χ2v) is 5.70. The monoisotopic (exact) mass is 246 g/mol. The van der Waals surface area contributed by atoms with Crippen molar-refractivity contribution in [2.24, 2.45) is 0 Å². The Hall–Kier alpha value is -1.06. The number of piperidine rings is 1. The van der Waals surface area contributed by atoms with Crippen LogP contribution in [0.4, 0.5) is 0 Å². The smallest absolute Gasteiger partial charge is 0.119 e. The van der Waals surface area contributed by atoms with Crippen LogP contribution in [0.5, 0.6) is 5.75 Å². The number of likely N-dealkylation sites (tertiary alicyclic amines) is 1. The van der Waals surface area contributed by atoms with Crippen molar-refractivity contribution in [2.75, 3.05) is 20.1 Å². The molecule has 0 amide bonds. The van der Waals surface area contributed by atoms with Gasteiger partial charge in [-0.2, -0.15) is 0 Å². The lowest BCUT2D eigenvalue weighted by Crippen LogP contribution is -2.44. The SMILES string of the molecule is CN1CCCC(NC2CCc3c(O)cccc32)C1. The van der Waals surface area contributed by atoms with Gasteiger partial charge < -0.3 is 15.3 Å². The molecule has 1 saturated heterocycles. The minimum atomic E-state index is 0.434. The molecular formula is C15H22N2O. The van der Waals surface area contributed by atoms with Crippen LogP contribution in [0, 0.1) is 0 Å². The van der Waals surface area contributed by atoms with Crippen LogP contribution in [0.15, 0.2) is 18.2 Å². The molecule has 0 bridgehead atoms. The molecule has 18 heavy (non-hydrogen) atoms. The molecule has 1 aliphatic carbocycles. The zero-order valence-corrected chi connectivity index (χ0v) is 11.0. The number of hydrogen-bond acceptors (Lipinski definition) is 3. The third-order valence-corrected chi connectivity index (χ3v) is 4.31. The minimum absolute atomic E-state index is 0.434. The molecule has 3 nitrogen and oxygen atoms in total. The Labute approximate surface area is 109 Å². The zero-order chi connectivity index (χ0) is 12.5. The third kappa shape index (κ3) is 2.25. The van der Waals surface area contributed by atoms with E-state index in [1.54, 1.807) is 6.07 Å². The van der Waals surface area contributed by atoms with E-state index >= 15 is 0 Å². The average Bonchev–Trinajstić information content (AvgIpc) is 2.74. The van der Waals surface area contributed by atoms with Crippen LogP contribution in [-0.4, -0.2) is 36.2 Å². The summed E-state index contributed by atoms with van der Waals surface area (Å²) in [5, 5.41) is 13.6. The van der Waals surface area contributed by atoms with Gasteiger partial charge >= 0.3 is 0 Å². The molecular weight excluding hydrogens is 224 g/mol. The van der Waals surface area contributed by atoms with Crippen LogP contribution in [0.25, 0.3) is 0 Å². The standard InChI is InChI=1S/C15H22N2O/c1-17-9-3-4-11(10-17)16-14-8-7-13-12(14)5-2-6-15(13)18/h2,5-6,11,14,16,18H,3-4,7-10H2,1H3. The lowest BCUT2D eigenvalue weighted by molar-refractivity contribution is 0.216. The van der Waals surface area contributed by atoms with Crippen molar-refractivity contribution < 1.29 is 5.11 Å². The lowest BCUT2D eigenvalue weighted by atomic mass is 10.0. The molecule has 0 radical (unpaired) electrons. The summed E-state index contributed by atoms with van der Waals surface area (Å²) in [6, 6.07) is 6.95. The summed E-state index contributed by atoms with van der Waals surface area (Å²) in [7, 11) is 2.20. The molecule has 1 heterocycles. The van der Waals surface area contributed by atoms with Gasteiger partial charge in [0.2, 0.25) is 0 Å². The Morgan fingerprint density at radius 1 is 1.33 bits per heavy atom. The summed E-state index contributed by atoms with van der Waals surface area (Å²) in [4.78, 5) is 2.40. The molecule has 0 spiro atoms. The Morgan fingerprint density at radius 2 is 2.22 bits per heavy atom. The maximum atomic E-state index is 9.86. The van der Waals surface area contributed by atoms with E-state index < -0.39 is 0 Å². The minimum Gasteiger partial charge on any atom is -0.508 e. The number of phenolic OH excluding ortho intramolecular Hbond substituents is 1. The van der Waals surface area contributed by atoms with E-state index in [1.807, 2.05) is 6.07 Å². The summed E-state index contributed by atoms with van der Waals surface area (Å²) in [5.41, 5.74) is 2.46. The Bertz CT molecular complexity index is 433. The van der Waals surface area contributed by atoms with Gasteiger partial charge in [0.25, 0.3) is 0 Å². The zero-order valence-electron chi connectivity index (χ0n) is 11.0. The van der Waals surface area contributed by atoms with Crippen LogP contribution in [-0.2, 0) is 6.42 Å². The lowest BCUT2D eigenvalue weighted by Gasteiger charge is -2.32. The molecule has 0 saturated carbocycles. The van der Waals surface area contributed by atoms with Crippen LogP contribution < -0.4 is 5.32 Å². The first-order valence-corrected chi connectivity index (χ1v) is 6.99. The highest BCUT2D eigenvalue weighted by Crippen LogP contribution is 2.36. The van der Waals surface area contributed by atoms with E-state index in [4.69, 9.17) is 0 Å². The van der Waals surface area contributed by atoms with Gasteiger partial charge in [0.15, 0.2) is 0 Å². The summed E-state index contributed by atoms with van der Waals surface area (Å²) < 4.78 is 0. The molecule has 2 aliphatic rings. The first-order valence-electron chi connectivity index (χ1n) is 6.99. The number of nitrogens with one attached hydrogen (secondary N) is 1. The van der Waals surface area contributed by atoms with Gasteiger partial charge in [0.05, 0.1) is 0 Å². The number of aromatic hydroxyl groups is 1. The van der Waals surface area contributed by atoms with E-state index in [0.29, 0.717) is 17.8 Å². The molecule has 0 aromatic heterocycles. The molecule has 2 atom stereocenters. The summed E-state index contributed by atoms with van der Waals surface area (Å²) in [6.45, 7) is 2.37. The Balaban J connectivity index is 1.71. The second kappa shape index (κ2) is 4.90. The van der Waals surface area contributed by atoms with Gasteiger partial charge in [-0.15, -0.1) is 0 Å². The Morgan fingerprint density at radius 3 is 3.06 bits per heavy atom. The van der Waals surface area contributed by atoms with E-state index in [2.05, 4.69) is 23.3 Å². The van der Waals surface area contributed by atoms with E-state index in [9.17, 15) is 5.11 Å². The molecule has 1 aliphatic heterocycles. The van der Waals surface area contributed by atoms with Gasteiger partial charge in [-0.1, -0.05) is 12.1 Å². The van der Waals surface area contributed by atoms with Gasteiger partial charge in [-0.3, -0.25) is 0 Å². The van der Waals surface area contributed by atoms with E-state index in [1.165, 1.54) is 24.9 Å². The van der Waals surface area contributed by atoms with Crippen molar-refractivity contribution in [2.45, 2.75) is 37.8 Å². The number of phenols is 1. The number of fused-ring (bicyclic) bond motifs is 1. The van der Waals surface area contributed by atoms with E-state index in [-0.39, 0.29) is 0 Å². The highest BCUT2D eigenvalue weighted by atomic mass is 16.3. The van der Waals surface area contributed by atoms with Gasteiger partial charge in [0, 0.05) is 18.6 Å². The molecule has 1 aromatic rings. The first-order chi connectivity index (χ1) is 8.74. The first kappa shape index (κ1) is 12.0. The van der Waals surface area contributed by atoms with Crippen molar-refractivity contribution in [1.82, 2.24) is 10.2 Å². The summed E-state index contributed by atoms with van der Waals surface area (Å²) >= 11 is 0. The fourth-order valence-corrected chi connectivity index (χ4v) is 3.40. The molecule has 1 fully saturated rings. The molecule has 2 unspecified atom stereocenters.